The van der Waals surface area contributed by atoms with Gasteiger partial charge in [0.05, 0.1) is 13.7 Å². The van der Waals surface area contributed by atoms with E-state index in [1.807, 2.05) is 24.3 Å². The number of rotatable bonds is 5. The van der Waals surface area contributed by atoms with Gasteiger partial charge in [-0.25, -0.2) is 0 Å². The number of hydrogen-bond acceptors (Lipinski definition) is 4. The summed E-state index contributed by atoms with van der Waals surface area (Å²) < 4.78 is 5.12. The highest BCUT2D eigenvalue weighted by atomic mass is 16.5. The first-order valence-corrected chi connectivity index (χ1v) is 7.01. The third-order valence-corrected chi connectivity index (χ3v) is 3.72. The molecule has 1 aliphatic heterocycles. The van der Waals surface area contributed by atoms with Gasteiger partial charge in [0.15, 0.2) is 0 Å². The molecule has 0 bridgehead atoms. The smallest absolute Gasteiger partial charge is 0.118 e. The van der Waals surface area contributed by atoms with Gasteiger partial charge < -0.3 is 14.9 Å². The Balaban J connectivity index is 1.86. The Labute approximate surface area is 120 Å². The van der Waals surface area contributed by atoms with Crippen LogP contribution in [0.1, 0.15) is 18.4 Å². The highest BCUT2D eigenvalue weighted by Crippen LogP contribution is 2.20. The summed E-state index contributed by atoms with van der Waals surface area (Å²) in [5.41, 5.74) is 0.201. The minimum atomic E-state index is -0.924. The van der Waals surface area contributed by atoms with E-state index in [2.05, 4.69) is 17.1 Å². The number of β-amino-alcohol motifs (C(OH)–C–C–N with tert-alkyl or cyclic N) is 1. The van der Waals surface area contributed by atoms with Gasteiger partial charge in [-0.2, -0.15) is 0 Å². The van der Waals surface area contributed by atoms with Crippen molar-refractivity contribution in [2.24, 2.45) is 0 Å². The van der Waals surface area contributed by atoms with Crippen LogP contribution in [0.2, 0.25) is 0 Å². The molecule has 2 rings (SSSR count). The largest absolute Gasteiger partial charge is 0.497 e. The Morgan fingerprint density at radius 2 is 2.10 bits per heavy atom. The van der Waals surface area contributed by atoms with Gasteiger partial charge in [0, 0.05) is 13.1 Å². The molecule has 1 atom stereocenters. The van der Waals surface area contributed by atoms with Crippen molar-refractivity contribution in [3.8, 4) is 5.75 Å². The molecule has 0 amide bonds. The van der Waals surface area contributed by atoms with Crippen molar-refractivity contribution >= 4 is 6.08 Å². The van der Waals surface area contributed by atoms with Crippen molar-refractivity contribution in [2.45, 2.75) is 18.4 Å². The number of likely N-dealkylation sites (tertiary alicyclic amines) is 1. The molecule has 4 heteroatoms. The summed E-state index contributed by atoms with van der Waals surface area (Å²) in [6.45, 7) is 2.13. The number of ether oxygens (including phenoxy) is 1. The minimum absolute atomic E-state index is 0.161. The van der Waals surface area contributed by atoms with Crippen LogP contribution < -0.4 is 4.74 Å². The molecule has 0 aromatic heterocycles. The summed E-state index contributed by atoms with van der Waals surface area (Å²) in [6, 6.07) is 7.89. The van der Waals surface area contributed by atoms with Crippen LogP contribution in [-0.2, 0) is 0 Å². The molecular weight excluding hydrogens is 254 g/mol. The molecular formula is C16H23NO3. The molecule has 20 heavy (non-hydrogen) atoms. The molecule has 0 saturated carbocycles. The van der Waals surface area contributed by atoms with E-state index in [1.54, 1.807) is 7.11 Å². The number of aliphatic hydroxyl groups is 2. The number of aliphatic hydroxyl groups excluding tert-OH is 1. The van der Waals surface area contributed by atoms with Crippen LogP contribution in [0.4, 0.5) is 0 Å². The van der Waals surface area contributed by atoms with Crippen molar-refractivity contribution in [2.75, 3.05) is 33.4 Å². The minimum Gasteiger partial charge on any atom is -0.497 e. The van der Waals surface area contributed by atoms with Crippen LogP contribution in [0.25, 0.3) is 6.08 Å². The Morgan fingerprint density at radius 3 is 2.75 bits per heavy atom. The Bertz CT molecular complexity index is 444. The monoisotopic (exact) mass is 277 g/mol. The maximum Gasteiger partial charge on any atom is 0.118 e. The van der Waals surface area contributed by atoms with Crippen LogP contribution in [0.3, 0.4) is 0 Å². The summed E-state index contributed by atoms with van der Waals surface area (Å²) in [6.07, 6.45) is 5.76. The van der Waals surface area contributed by atoms with E-state index in [4.69, 9.17) is 4.74 Å². The second-order valence-corrected chi connectivity index (χ2v) is 5.40. The van der Waals surface area contributed by atoms with E-state index in [0.717, 1.165) is 30.8 Å². The quantitative estimate of drug-likeness (QED) is 0.857. The van der Waals surface area contributed by atoms with Crippen molar-refractivity contribution in [3.05, 3.63) is 35.9 Å². The first-order valence-electron chi connectivity index (χ1n) is 7.01. The zero-order chi connectivity index (χ0) is 14.4. The molecule has 0 spiro atoms. The Hall–Kier alpha value is -1.36. The lowest BCUT2D eigenvalue weighted by Crippen LogP contribution is -2.50. The van der Waals surface area contributed by atoms with E-state index in [0.29, 0.717) is 13.0 Å². The number of piperidine rings is 1. The molecule has 4 nitrogen and oxygen atoms in total. The van der Waals surface area contributed by atoms with E-state index >= 15 is 0 Å². The maximum absolute atomic E-state index is 10.1. The second kappa shape index (κ2) is 6.88. The van der Waals surface area contributed by atoms with Crippen molar-refractivity contribution in [3.63, 3.8) is 0 Å². The fourth-order valence-electron chi connectivity index (χ4n) is 2.54. The second-order valence-electron chi connectivity index (χ2n) is 5.40. The van der Waals surface area contributed by atoms with Gasteiger partial charge in [-0.1, -0.05) is 24.3 Å². The Kier molecular flexibility index (Phi) is 5.17. The van der Waals surface area contributed by atoms with E-state index in [1.165, 1.54) is 0 Å². The molecule has 110 valence electrons. The highest BCUT2D eigenvalue weighted by Gasteiger charge is 2.31. The fraction of sp³-hybridized carbons (Fsp3) is 0.500. The van der Waals surface area contributed by atoms with Gasteiger partial charge in [0.2, 0.25) is 0 Å². The number of methoxy groups -OCH3 is 1. The van der Waals surface area contributed by atoms with E-state index in [9.17, 15) is 10.2 Å². The van der Waals surface area contributed by atoms with Crippen LogP contribution >= 0.6 is 0 Å². The molecule has 1 unspecified atom stereocenters. The van der Waals surface area contributed by atoms with Gasteiger partial charge in [-0.15, -0.1) is 0 Å². The first-order chi connectivity index (χ1) is 9.65. The molecule has 1 aromatic carbocycles. The SMILES string of the molecule is COc1ccc(/C=C/CN2CCCC(O)(CO)C2)cc1. The van der Waals surface area contributed by atoms with Gasteiger partial charge >= 0.3 is 0 Å². The van der Waals surface area contributed by atoms with Gasteiger partial charge in [0.25, 0.3) is 0 Å². The summed E-state index contributed by atoms with van der Waals surface area (Å²) >= 11 is 0. The van der Waals surface area contributed by atoms with Gasteiger partial charge in [0.1, 0.15) is 11.4 Å². The van der Waals surface area contributed by atoms with Crippen LogP contribution in [0.15, 0.2) is 30.3 Å². The van der Waals surface area contributed by atoms with Crippen molar-refractivity contribution < 1.29 is 14.9 Å². The zero-order valence-corrected chi connectivity index (χ0v) is 12.0. The predicted molar refractivity (Wildman–Crippen MR) is 79.7 cm³/mol. The molecule has 1 heterocycles. The lowest BCUT2D eigenvalue weighted by Gasteiger charge is -2.37. The molecule has 0 radical (unpaired) electrons. The molecule has 1 saturated heterocycles. The van der Waals surface area contributed by atoms with Crippen molar-refractivity contribution in [1.82, 2.24) is 4.90 Å². The molecule has 1 fully saturated rings. The standard InChI is InChI=1S/C16H23NO3/c1-20-15-7-5-14(6-8-15)4-2-10-17-11-3-9-16(19,12-17)13-18/h2,4-8,18-19H,3,9-13H2,1H3/b4-2+. The highest BCUT2D eigenvalue weighted by molar-refractivity contribution is 5.50. The number of nitrogens with zero attached hydrogens (tertiary/aromatic N) is 1. The number of benzene rings is 1. The summed E-state index contributed by atoms with van der Waals surface area (Å²) in [5, 5.41) is 19.3. The lowest BCUT2D eigenvalue weighted by molar-refractivity contribution is -0.0643. The molecule has 0 aliphatic carbocycles. The fourth-order valence-corrected chi connectivity index (χ4v) is 2.54. The summed E-state index contributed by atoms with van der Waals surface area (Å²) in [7, 11) is 1.66. The van der Waals surface area contributed by atoms with Crippen LogP contribution in [0, 0.1) is 0 Å². The molecule has 1 aromatic rings. The van der Waals surface area contributed by atoms with Crippen LogP contribution in [-0.4, -0.2) is 54.1 Å². The van der Waals surface area contributed by atoms with E-state index in [-0.39, 0.29) is 6.61 Å². The van der Waals surface area contributed by atoms with E-state index < -0.39 is 5.60 Å². The average molecular weight is 277 g/mol. The summed E-state index contributed by atoms with van der Waals surface area (Å²) in [4.78, 5) is 2.17. The third kappa shape index (κ3) is 4.07. The normalized spacial score (nSPS) is 24.1. The Morgan fingerprint density at radius 1 is 1.35 bits per heavy atom. The van der Waals surface area contributed by atoms with Crippen LogP contribution in [0.5, 0.6) is 5.75 Å². The third-order valence-electron chi connectivity index (χ3n) is 3.72. The topological polar surface area (TPSA) is 52.9 Å². The maximum atomic E-state index is 10.1. The van der Waals surface area contributed by atoms with Crippen molar-refractivity contribution in [1.29, 1.82) is 0 Å². The van der Waals surface area contributed by atoms with Gasteiger partial charge in [-0.05, 0) is 37.1 Å². The molecule has 2 N–H and O–H groups in total. The number of hydrogen-bond donors (Lipinski definition) is 2. The molecule has 1 aliphatic rings. The average Bonchev–Trinajstić information content (AvgIpc) is 2.48. The zero-order valence-electron chi connectivity index (χ0n) is 12.0. The van der Waals surface area contributed by atoms with Gasteiger partial charge in [-0.3, -0.25) is 4.90 Å². The first kappa shape index (κ1) is 15.0. The lowest BCUT2D eigenvalue weighted by atomic mass is 9.94. The summed E-state index contributed by atoms with van der Waals surface area (Å²) in [5.74, 6) is 0.853. The predicted octanol–water partition coefficient (Wildman–Crippen LogP) is 1.53.